The van der Waals surface area contributed by atoms with E-state index in [0.29, 0.717) is 6.42 Å². The fourth-order valence-corrected chi connectivity index (χ4v) is 6.47. The second-order valence-corrected chi connectivity index (χ2v) is 14.4. The highest BCUT2D eigenvalue weighted by Crippen LogP contribution is 2.22. The Morgan fingerprint density at radius 1 is 0.700 bits per heavy atom. The van der Waals surface area contributed by atoms with E-state index in [1.54, 1.807) is 6.08 Å². The van der Waals surface area contributed by atoms with E-state index < -0.39 is 55.5 Å². The highest BCUT2D eigenvalue weighted by Gasteiger charge is 2.44. The smallest absolute Gasteiger partial charge is 0.331 e. The zero-order valence-electron chi connectivity index (χ0n) is 31.2. The summed E-state index contributed by atoms with van der Waals surface area (Å²) >= 11 is 0. The number of rotatable bonds is 33. The molecule has 0 saturated carbocycles. The number of hydrogen-bond donors (Lipinski definition) is 7. The second kappa shape index (κ2) is 31.2. The van der Waals surface area contributed by atoms with Crippen molar-refractivity contribution in [3.05, 3.63) is 23.8 Å². The molecule has 0 aromatic rings. The van der Waals surface area contributed by atoms with Gasteiger partial charge in [-0.1, -0.05) is 160 Å². The normalized spacial score (nSPS) is 22.7. The third-order valence-corrected chi connectivity index (χ3v) is 9.72. The third kappa shape index (κ3) is 23.2. The monoisotopic (exact) mass is 715 g/mol. The van der Waals surface area contributed by atoms with Crippen molar-refractivity contribution in [2.45, 2.75) is 210 Å². The maximum absolute atomic E-state index is 11.7. The molecule has 0 aliphatic carbocycles. The number of aliphatic carboxylic acids is 1. The maximum Gasteiger partial charge on any atom is 0.331 e. The first-order chi connectivity index (χ1) is 24.2. The van der Waals surface area contributed by atoms with E-state index in [4.69, 9.17) is 9.47 Å². The maximum atomic E-state index is 11.7. The summed E-state index contributed by atoms with van der Waals surface area (Å²) in [6.07, 6.45) is 25.5. The predicted octanol–water partition coefficient (Wildman–Crippen LogP) is 6.86. The van der Waals surface area contributed by atoms with Crippen molar-refractivity contribution in [2.24, 2.45) is 0 Å². The van der Waals surface area contributed by atoms with Crippen molar-refractivity contribution in [3.63, 3.8) is 0 Å². The molecule has 0 radical (unpaired) electrons. The van der Waals surface area contributed by atoms with Gasteiger partial charge < -0.3 is 45.2 Å². The summed E-state index contributed by atoms with van der Waals surface area (Å²) in [5, 5.41) is 68.9. The summed E-state index contributed by atoms with van der Waals surface area (Å²) in [6.45, 7) is 1.38. The Morgan fingerprint density at radius 2 is 1.16 bits per heavy atom. The molecule has 0 unspecified atom stereocenters. The first-order valence-electron chi connectivity index (χ1n) is 20.1. The van der Waals surface area contributed by atoms with Crippen molar-refractivity contribution >= 4 is 5.97 Å². The fraction of sp³-hybridized carbons (Fsp3) is 0.875. The summed E-state index contributed by atoms with van der Waals surface area (Å²) in [6, 6.07) is 0. The average Bonchev–Trinajstić information content (AvgIpc) is 3.10. The Bertz CT molecular complexity index is 863. The van der Waals surface area contributed by atoms with Gasteiger partial charge in [-0.05, 0) is 19.3 Å². The minimum Gasteiger partial charge on any atom is -0.478 e. The molecule has 7 atom stereocenters. The van der Waals surface area contributed by atoms with E-state index >= 15 is 0 Å². The standard InChI is InChI=1S/C40H74O10/c1-2-3-4-5-6-7-8-9-10-11-12-13-14-15-16-17-18-19-20-21-22-23-24-26-32(39(47)48)29-33(42)27-25-28-34(43)31-49-40-38(46)37(45)36(44)35(30-41)50-40/h25-26,28,33-38,40-46H,2-24,27,29-31H2,1H3,(H,47,48)/b28-25+,32-26-/t33-,34+,35-,36+,37-,38+,40+/m0/s1. The van der Waals surface area contributed by atoms with Gasteiger partial charge in [0.05, 0.1) is 25.4 Å². The van der Waals surface area contributed by atoms with Crippen molar-refractivity contribution in [3.8, 4) is 0 Å². The molecule has 1 saturated heterocycles. The molecule has 0 bridgehead atoms. The first kappa shape index (κ1) is 46.7. The molecular weight excluding hydrogens is 640 g/mol. The quantitative estimate of drug-likeness (QED) is 0.0216. The minimum absolute atomic E-state index is 0.00353. The lowest BCUT2D eigenvalue weighted by Gasteiger charge is -2.39. The van der Waals surface area contributed by atoms with E-state index in [-0.39, 0.29) is 25.0 Å². The molecule has 1 rings (SSSR count). The van der Waals surface area contributed by atoms with Gasteiger partial charge in [0.25, 0.3) is 0 Å². The summed E-state index contributed by atoms with van der Waals surface area (Å²) in [7, 11) is 0. The highest BCUT2D eigenvalue weighted by atomic mass is 16.7. The van der Waals surface area contributed by atoms with Gasteiger partial charge in [0.15, 0.2) is 6.29 Å². The Balaban J connectivity index is 2.03. The van der Waals surface area contributed by atoms with Gasteiger partial charge in [0.1, 0.15) is 24.4 Å². The lowest BCUT2D eigenvalue weighted by Crippen LogP contribution is -2.59. The number of aliphatic hydroxyl groups excluding tert-OH is 6. The molecule has 1 aliphatic heterocycles. The van der Waals surface area contributed by atoms with Crippen molar-refractivity contribution in [1.29, 1.82) is 0 Å². The van der Waals surface area contributed by atoms with Crippen LogP contribution in [0.5, 0.6) is 0 Å². The van der Waals surface area contributed by atoms with Crippen molar-refractivity contribution < 1.29 is 50.0 Å². The van der Waals surface area contributed by atoms with Crippen LogP contribution in [-0.2, 0) is 14.3 Å². The number of aliphatic hydroxyl groups is 6. The summed E-state index contributed by atoms with van der Waals surface area (Å²) in [5.74, 6) is -1.04. The number of hydrogen-bond acceptors (Lipinski definition) is 9. The Labute approximate surface area is 303 Å². The van der Waals surface area contributed by atoms with E-state index in [2.05, 4.69) is 6.92 Å². The molecule has 294 valence electrons. The van der Waals surface area contributed by atoms with E-state index in [1.807, 2.05) is 0 Å². The van der Waals surface area contributed by atoms with Crippen molar-refractivity contribution in [1.82, 2.24) is 0 Å². The van der Waals surface area contributed by atoms with Crippen LogP contribution in [0.1, 0.15) is 167 Å². The van der Waals surface area contributed by atoms with Crippen LogP contribution in [0.2, 0.25) is 0 Å². The van der Waals surface area contributed by atoms with E-state index in [1.165, 1.54) is 134 Å². The van der Waals surface area contributed by atoms with Crippen LogP contribution in [0.25, 0.3) is 0 Å². The van der Waals surface area contributed by atoms with Gasteiger partial charge in [0, 0.05) is 12.0 Å². The number of unbranched alkanes of at least 4 members (excludes halogenated alkanes) is 22. The SMILES string of the molecule is CCCCCCCCCCCCCCCCCCCCCCCC/C=C(/C[C@@H](O)C/C=C/[C@@H](O)CO[C@@H]1O[C@@H](CO)[C@@H](O)[C@H](O)[C@H]1O)C(=O)O. The van der Waals surface area contributed by atoms with Crippen LogP contribution in [0.3, 0.4) is 0 Å². The molecule has 0 spiro atoms. The van der Waals surface area contributed by atoms with Crippen LogP contribution in [0, 0.1) is 0 Å². The summed E-state index contributed by atoms with van der Waals surface area (Å²) < 4.78 is 10.5. The first-order valence-corrected chi connectivity index (χ1v) is 20.1. The van der Waals surface area contributed by atoms with Crippen LogP contribution in [0.15, 0.2) is 23.8 Å². The molecular formula is C40H74O10. The topological polar surface area (TPSA) is 177 Å². The number of ether oxygens (including phenoxy) is 2. The largest absolute Gasteiger partial charge is 0.478 e. The van der Waals surface area contributed by atoms with Gasteiger partial charge >= 0.3 is 5.97 Å². The van der Waals surface area contributed by atoms with Gasteiger partial charge in [-0.2, -0.15) is 0 Å². The van der Waals surface area contributed by atoms with E-state index in [0.717, 1.165) is 19.3 Å². The zero-order valence-corrected chi connectivity index (χ0v) is 31.2. The van der Waals surface area contributed by atoms with Crippen LogP contribution in [0.4, 0.5) is 0 Å². The molecule has 10 nitrogen and oxygen atoms in total. The zero-order chi connectivity index (χ0) is 36.8. The number of carbonyl (C=O) groups is 1. The van der Waals surface area contributed by atoms with Gasteiger partial charge in [-0.15, -0.1) is 0 Å². The molecule has 0 amide bonds. The van der Waals surface area contributed by atoms with Crippen LogP contribution in [-0.4, -0.2) is 97.8 Å². The Morgan fingerprint density at radius 3 is 1.60 bits per heavy atom. The molecule has 10 heteroatoms. The molecule has 1 heterocycles. The van der Waals surface area contributed by atoms with Crippen LogP contribution >= 0.6 is 0 Å². The Kier molecular flexibility index (Phi) is 29.1. The number of carboxylic acid groups (broad SMARTS) is 1. The molecule has 1 fully saturated rings. The van der Waals surface area contributed by atoms with Gasteiger partial charge in [0.2, 0.25) is 0 Å². The lowest BCUT2D eigenvalue weighted by atomic mass is 9.99. The highest BCUT2D eigenvalue weighted by molar-refractivity contribution is 5.86. The number of carboxylic acids is 1. The molecule has 0 aromatic heterocycles. The second-order valence-electron chi connectivity index (χ2n) is 14.4. The molecule has 7 N–H and O–H groups in total. The number of allylic oxidation sites excluding steroid dienone is 1. The van der Waals surface area contributed by atoms with Gasteiger partial charge in [-0.3, -0.25) is 0 Å². The van der Waals surface area contributed by atoms with Crippen LogP contribution < -0.4 is 0 Å². The summed E-state index contributed by atoms with van der Waals surface area (Å²) in [5.41, 5.74) is 0.181. The average molecular weight is 715 g/mol. The Hall–Kier alpha value is -1.37. The molecule has 50 heavy (non-hydrogen) atoms. The minimum atomic E-state index is -1.58. The van der Waals surface area contributed by atoms with E-state index in [9.17, 15) is 40.5 Å². The summed E-state index contributed by atoms with van der Waals surface area (Å²) in [4.78, 5) is 11.7. The lowest BCUT2D eigenvalue weighted by molar-refractivity contribution is -0.303. The molecule has 0 aromatic carbocycles. The fourth-order valence-electron chi connectivity index (χ4n) is 6.47. The predicted molar refractivity (Wildman–Crippen MR) is 198 cm³/mol. The van der Waals surface area contributed by atoms with Gasteiger partial charge in [-0.25, -0.2) is 4.79 Å². The van der Waals surface area contributed by atoms with Crippen molar-refractivity contribution in [2.75, 3.05) is 13.2 Å². The molecule has 1 aliphatic rings. The third-order valence-electron chi connectivity index (χ3n) is 9.72.